The highest BCUT2D eigenvalue weighted by atomic mass is 35.5. The molecule has 1 N–H and O–H groups in total. The van der Waals surface area contributed by atoms with Gasteiger partial charge in [-0.25, -0.2) is 4.79 Å². The van der Waals surface area contributed by atoms with Crippen molar-refractivity contribution >= 4 is 23.3 Å². The van der Waals surface area contributed by atoms with E-state index in [9.17, 15) is 4.79 Å². The van der Waals surface area contributed by atoms with Gasteiger partial charge in [0.05, 0.1) is 18.7 Å². The molecule has 0 spiro atoms. The molecule has 0 saturated carbocycles. The Hall–Kier alpha value is -2.00. The van der Waals surface area contributed by atoms with Gasteiger partial charge >= 0.3 is 5.97 Å². The molecule has 1 aliphatic rings. The summed E-state index contributed by atoms with van der Waals surface area (Å²) in [5.41, 5.74) is 3.95. The zero-order valence-electron chi connectivity index (χ0n) is 11.0. The van der Waals surface area contributed by atoms with Crippen LogP contribution in [0, 0.1) is 0 Å². The Morgan fingerprint density at radius 1 is 1.25 bits per heavy atom. The minimum atomic E-state index is -0.315. The number of halogens is 1. The Morgan fingerprint density at radius 2 is 2.00 bits per heavy atom. The van der Waals surface area contributed by atoms with Crippen molar-refractivity contribution in [1.29, 1.82) is 0 Å². The van der Waals surface area contributed by atoms with Crippen molar-refractivity contribution in [2.45, 2.75) is 12.5 Å². The minimum Gasteiger partial charge on any atom is -0.465 e. The smallest absolute Gasteiger partial charge is 0.337 e. The number of rotatable bonds is 2. The fourth-order valence-corrected chi connectivity index (χ4v) is 2.61. The van der Waals surface area contributed by atoms with Crippen LogP contribution in [0.15, 0.2) is 42.5 Å². The number of esters is 1. The van der Waals surface area contributed by atoms with Gasteiger partial charge in [0.15, 0.2) is 0 Å². The Labute approximate surface area is 122 Å². The van der Waals surface area contributed by atoms with E-state index in [0.29, 0.717) is 5.56 Å². The van der Waals surface area contributed by atoms with E-state index in [-0.39, 0.29) is 12.0 Å². The lowest BCUT2D eigenvalue weighted by atomic mass is 10.0. The molecule has 2 aromatic rings. The third kappa shape index (κ3) is 2.37. The first-order chi connectivity index (χ1) is 9.67. The standard InChI is InChI=1S/C16H14ClNO2/c1-20-16(19)12-3-2-11-8-14(18-15(11)9-12)10-4-6-13(17)7-5-10/h2-7,9,14,18H,8H2,1H3. The van der Waals surface area contributed by atoms with Crippen LogP contribution in [0.4, 0.5) is 5.69 Å². The van der Waals surface area contributed by atoms with Gasteiger partial charge < -0.3 is 10.1 Å². The van der Waals surface area contributed by atoms with E-state index in [1.54, 1.807) is 6.07 Å². The summed E-state index contributed by atoms with van der Waals surface area (Å²) in [5, 5.41) is 4.17. The molecule has 1 aliphatic heterocycles. The summed E-state index contributed by atoms with van der Waals surface area (Å²) in [7, 11) is 1.39. The van der Waals surface area contributed by atoms with Crippen LogP contribution in [0.1, 0.15) is 27.5 Å². The summed E-state index contributed by atoms with van der Waals surface area (Å²) in [6, 6.07) is 13.7. The number of fused-ring (bicyclic) bond motifs is 1. The number of carbonyl (C=O) groups is 1. The second-order valence-electron chi connectivity index (χ2n) is 4.82. The van der Waals surface area contributed by atoms with E-state index in [2.05, 4.69) is 5.32 Å². The van der Waals surface area contributed by atoms with Crippen LogP contribution in [0.2, 0.25) is 5.02 Å². The first-order valence-corrected chi connectivity index (χ1v) is 6.78. The molecule has 1 atom stereocenters. The summed E-state index contributed by atoms with van der Waals surface area (Å²) in [6.45, 7) is 0. The van der Waals surface area contributed by atoms with Gasteiger partial charge in [-0.05, 0) is 41.8 Å². The van der Waals surface area contributed by atoms with Crippen LogP contribution in [-0.4, -0.2) is 13.1 Å². The maximum atomic E-state index is 11.5. The van der Waals surface area contributed by atoms with Crippen molar-refractivity contribution in [3.05, 3.63) is 64.2 Å². The van der Waals surface area contributed by atoms with Gasteiger partial charge in [-0.3, -0.25) is 0 Å². The average Bonchev–Trinajstić information content (AvgIpc) is 2.90. The molecule has 3 nitrogen and oxygen atoms in total. The average molecular weight is 288 g/mol. The minimum absolute atomic E-state index is 0.218. The molecule has 20 heavy (non-hydrogen) atoms. The number of hydrogen-bond donors (Lipinski definition) is 1. The van der Waals surface area contributed by atoms with Crippen molar-refractivity contribution in [1.82, 2.24) is 0 Å². The fourth-order valence-electron chi connectivity index (χ4n) is 2.49. The predicted octanol–water partition coefficient (Wildman–Crippen LogP) is 3.84. The molecule has 0 aromatic heterocycles. The molecule has 3 rings (SSSR count). The Morgan fingerprint density at radius 3 is 2.70 bits per heavy atom. The maximum Gasteiger partial charge on any atom is 0.337 e. The molecule has 0 amide bonds. The van der Waals surface area contributed by atoms with Gasteiger partial charge in [-0.15, -0.1) is 0 Å². The molecule has 4 heteroatoms. The summed E-state index contributed by atoms with van der Waals surface area (Å²) in [5.74, 6) is -0.315. The predicted molar refractivity (Wildman–Crippen MR) is 79.3 cm³/mol. The summed E-state index contributed by atoms with van der Waals surface area (Å²) in [4.78, 5) is 11.5. The highest BCUT2D eigenvalue weighted by Crippen LogP contribution is 2.35. The summed E-state index contributed by atoms with van der Waals surface area (Å²) in [6.07, 6.45) is 0.901. The van der Waals surface area contributed by atoms with E-state index < -0.39 is 0 Å². The maximum absolute atomic E-state index is 11.5. The van der Waals surface area contributed by atoms with Crippen molar-refractivity contribution in [3.8, 4) is 0 Å². The zero-order chi connectivity index (χ0) is 14.1. The lowest BCUT2D eigenvalue weighted by Gasteiger charge is -2.11. The largest absolute Gasteiger partial charge is 0.465 e. The Kier molecular flexibility index (Phi) is 3.36. The highest BCUT2D eigenvalue weighted by molar-refractivity contribution is 6.30. The number of hydrogen-bond acceptors (Lipinski definition) is 3. The Balaban J connectivity index is 1.85. The fraction of sp³-hybridized carbons (Fsp3) is 0.188. The molecule has 1 unspecified atom stereocenters. The zero-order valence-corrected chi connectivity index (χ0v) is 11.8. The number of methoxy groups -OCH3 is 1. The van der Waals surface area contributed by atoms with Crippen LogP contribution >= 0.6 is 11.6 Å². The second kappa shape index (κ2) is 5.17. The second-order valence-corrected chi connectivity index (χ2v) is 5.25. The van der Waals surface area contributed by atoms with Gasteiger partial charge in [-0.2, -0.15) is 0 Å². The first-order valence-electron chi connectivity index (χ1n) is 6.40. The SMILES string of the molecule is COC(=O)c1ccc2c(c1)NC(c1ccc(Cl)cc1)C2. The lowest BCUT2D eigenvalue weighted by Crippen LogP contribution is -2.05. The molecule has 1 heterocycles. The monoisotopic (exact) mass is 287 g/mol. The van der Waals surface area contributed by atoms with Crippen LogP contribution < -0.4 is 5.32 Å². The number of nitrogens with one attached hydrogen (secondary N) is 1. The lowest BCUT2D eigenvalue weighted by molar-refractivity contribution is 0.0601. The third-order valence-corrected chi connectivity index (χ3v) is 3.81. The van der Waals surface area contributed by atoms with E-state index in [0.717, 1.165) is 17.1 Å². The number of benzene rings is 2. The van der Waals surface area contributed by atoms with Crippen LogP contribution in [0.25, 0.3) is 0 Å². The van der Waals surface area contributed by atoms with Gasteiger partial charge in [0.1, 0.15) is 0 Å². The molecular weight excluding hydrogens is 274 g/mol. The summed E-state index contributed by atoms with van der Waals surface area (Å²) >= 11 is 5.91. The van der Waals surface area contributed by atoms with E-state index in [1.165, 1.54) is 18.2 Å². The summed E-state index contributed by atoms with van der Waals surface area (Å²) < 4.78 is 4.74. The number of carbonyl (C=O) groups excluding carboxylic acids is 1. The molecule has 102 valence electrons. The third-order valence-electron chi connectivity index (χ3n) is 3.56. The quantitative estimate of drug-likeness (QED) is 0.853. The molecule has 0 fully saturated rings. The van der Waals surface area contributed by atoms with Gasteiger partial charge in [-0.1, -0.05) is 29.8 Å². The van der Waals surface area contributed by atoms with Gasteiger partial charge in [0, 0.05) is 10.7 Å². The Bertz CT molecular complexity index is 652. The van der Waals surface area contributed by atoms with Gasteiger partial charge in [0.2, 0.25) is 0 Å². The van der Waals surface area contributed by atoms with Crippen LogP contribution in [0.5, 0.6) is 0 Å². The molecule has 0 bridgehead atoms. The highest BCUT2D eigenvalue weighted by Gasteiger charge is 2.23. The van der Waals surface area contributed by atoms with Crippen LogP contribution in [-0.2, 0) is 11.2 Å². The molecule has 2 aromatic carbocycles. The number of anilines is 1. The van der Waals surface area contributed by atoms with Crippen molar-refractivity contribution in [3.63, 3.8) is 0 Å². The van der Waals surface area contributed by atoms with Crippen LogP contribution in [0.3, 0.4) is 0 Å². The first kappa shape index (κ1) is 13.0. The van der Waals surface area contributed by atoms with Crippen molar-refractivity contribution in [2.75, 3.05) is 12.4 Å². The van der Waals surface area contributed by atoms with Gasteiger partial charge in [0.25, 0.3) is 0 Å². The van der Waals surface area contributed by atoms with E-state index in [1.807, 2.05) is 36.4 Å². The van der Waals surface area contributed by atoms with Crippen molar-refractivity contribution in [2.24, 2.45) is 0 Å². The molecule has 0 saturated heterocycles. The van der Waals surface area contributed by atoms with E-state index >= 15 is 0 Å². The molecular formula is C16H14ClNO2. The van der Waals surface area contributed by atoms with E-state index in [4.69, 9.17) is 16.3 Å². The molecule has 0 radical (unpaired) electrons. The van der Waals surface area contributed by atoms with Crippen molar-refractivity contribution < 1.29 is 9.53 Å². The topological polar surface area (TPSA) is 38.3 Å². The normalized spacial score (nSPS) is 16.4. The number of ether oxygens (including phenoxy) is 1. The molecule has 0 aliphatic carbocycles.